The molecule has 0 aliphatic heterocycles. The molecule has 0 bridgehead atoms. The van der Waals surface area contributed by atoms with Crippen LogP contribution in [0.25, 0.3) is 16.7 Å². The van der Waals surface area contributed by atoms with E-state index in [-0.39, 0.29) is 0 Å². The van der Waals surface area contributed by atoms with Gasteiger partial charge in [-0.3, -0.25) is 4.57 Å². The molecule has 1 aliphatic carbocycles. The van der Waals surface area contributed by atoms with E-state index >= 15 is 0 Å². The van der Waals surface area contributed by atoms with Crippen molar-refractivity contribution in [3.63, 3.8) is 0 Å². The Morgan fingerprint density at radius 2 is 1.58 bits per heavy atom. The van der Waals surface area contributed by atoms with Crippen molar-refractivity contribution in [2.45, 2.75) is 38.0 Å². The molecular weight excluding hydrogens is 334 g/mol. The number of benzene rings is 2. The molecule has 4 rings (SSSR count). The minimum absolute atomic E-state index is 0.393. The Kier molecular flexibility index (Phi) is 4.33. The number of rotatable bonds is 2. The molecule has 0 N–H and O–H groups in total. The lowest BCUT2D eigenvalue weighted by molar-refractivity contribution is 0.443. The largest absolute Gasteiger partial charge is 0.431 e. The molecule has 0 amide bonds. The molecule has 1 fully saturated rings. The van der Waals surface area contributed by atoms with Crippen molar-refractivity contribution in [3.05, 3.63) is 63.6 Å². The van der Waals surface area contributed by atoms with Crippen LogP contribution in [0.4, 0.5) is 0 Å². The van der Waals surface area contributed by atoms with E-state index in [1.54, 1.807) is 0 Å². The Labute approximate surface area is 151 Å². The van der Waals surface area contributed by atoms with E-state index in [9.17, 15) is 0 Å². The number of hydrogen-bond donors (Lipinski definition) is 0. The molecule has 1 aromatic heterocycles. The van der Waals surface area contributed by atoms with Gasteiger partial charge >= 0.3 is 0 Å². The van der Waals surface area contributed by atoms with Crippen LogP contribution in [0.15, 0.2) is 52.9 Å². The molecule has 1 heterocycles. The standard InChI is InChI=1S/C20H19NOS2/c23-19-17-8-4-5-9-18(17)22-20(24)21(19)16-12-10-15(11-13-16)14-6-2-1-3-7-14/h4-5,8-14H,1-3,6-7H2. The van der Waals surface area contributed by atoms with Crippen LogP contribution in [-0.2, 0) is 0 Å². The van der Waals surface area contributed by atoms with Crippen LogP contribution >= 0.6 is 24.4 Å². The Hall–Kier alpha value is -1.78. The summed E-state index contributed by atoms with van der Waals surface area (Å²) in [4.78, 5) is 0.393. The normalized spacial score (nSPS) is 15.7. The fourth-order valence-corrected chi connectivity index (χ4v) is 4.33. The lowest BCUT2D eigenvalue weighted by atomic mass is 9.84. The van der Waals surface area contributed by atoms with Crippen LogP contribution in [-0.4, -0.2) is 4.57 Å². The van der Waals surface area contributed by atoms with Gasteiger partial charge in [0, 0.05) is 0 Å². The number of aromatic nitrogens is 1. The van der Waals surface area contributed by atoms with Gasteiger partial charge in [0.05, 0.1) is 11.1 Å². The van der Waals surface area contributed by atoms with Crippen LogP contribution in [0.5, 0.6) is 0 Å². The second kappa shape index (κ2) is 6.61. The fraction of sp³-hybridized carbons (Fsp3) is 0.300. The summed E-state index contributed by atoms with van der Waals surface area (Å²) in [6.45, 7) is 0. The van der Waals surface area contributed by atoms with Crippen LogP contribution in [0.2, 0.25) is 0 Å². The van der Waals surface area contributed by atoms with Gasteiger partial charge in [0.15, 0.2) is 0 Å². The van der Waals surface area contributed by atoms with Crippen LogP contribution in [0.3, 0.4) is 0 Å². The van der Waals surface area contributed by atoms with Gasteiger partial charge in [-0.15, -0.1) is 0 Å². The molecule has 3 aromatic rings. The van der Waals surface area contributed by atoms with E-state index in [1.807, 2.05) is 28.8 Å². The van der Waals surface area contributed by atoms with E-state index in [4.69, 9.17) is 28.9 Å². The van der Waals surface area contributed by atoms with Gasteiger partial charge in [-0.2, -0.15) is 0 Å². The summed E-state index contributed by atoms with van der Waals surface area (Å²) in [5.74, 6) is 0.699. The predicted octanol–water partition coefficient (Wildman–Crippen LogP) is 6.73. The maximum absolute atomic E-state index is 5.79. The van der Waals surface area contributed by atoms with Crippen molar-refractivity contribution >= 4 is 35.4 Å². The molecule has 0 unspecified atom stereocenters. The van der Waals surface area contributed by atoms with Crippen LogP contribution in [0, 0.1) is 9.48 Å². The van der Waals surface area contributed by atoms with Crippen molar-refractivity contribution in [2.75, 3.05) is 0 Å². The lowest BCUT2D eigenvalue weighted by Gasteiger charge is -2.22. The minimum atomic E-state index is 0.393. The molecule has 24 heavy (non-hydrogen) atoms. The summed E-state index contributed by atoms with van der Waals surface area (Å²) in [6, 6.07) is 16.4. The molecule has 0 radical (unpaired) electrons. The van der Waals surface area contributed by atoms with Gasteiger partial charge in [0.2, 0.25) is 0 Å². The van der Waals surface area contributed by atoms with Gasteiger partial charge in [-0.25, -0.2) is 0 Å². The Bertz CT molecular complexity index is 979. The first kappa shape index (κ1) is 15.7. The first-order valence-corrected chi connectivity index (χ1v) is 9.31. The van der Waals surface area contributed by atoms with E-state index in [1.165, 1.54) is 37.7 Å². The molecule has 2 nitrogen and oxygen atoms in total. The van der Waals surface area contributed by atoms with Gasteiger partial charge in [-0.05, 0) is 60.8 Å². The third-order valence-electron chi connectivity index (χ3n) is 4.93. The van der Waals surface area contributed by atoms with Crippen molar-refractivity contribution in [2.24, 2.45) is 0 Å². The van der Waals surface area contributed by atoms with Crippen molar-refractivity contribution in [3.8, 4) is 5.69 Å². The third kappa shape index (κ3) is 2.85. The molecule has 1 saturated carbocycles. The monoisotopic (exact) mass is 353 g/mol. The topological polar surface area (TPSA) is 18.1 Å². The zero-order valence-electron chi connectivity index (χ0n) is 13.4. The molecule has 1 aliphatic rings. The first-order valence-electron chi connectivity index (χ1n) is 8.49. The van der Waals surface area contributed by atoms with Gasteiger partial charge < -0.3 is 4.42 Å². The summed E-state index contributed by atoms with van der Waals surface area (Å²) >= 11 is 11.1. The lowest BCUT2D eigenvalue weighted by Crippen LogP contribution is -2.05. The maximum atomic E-state index is 5.79. The van der Waals surface area contributed by atoms with E-state index in [0.29, 0.717) is 15.4 Å². The highest BCUT2D eigenvalue weighted by Gasteiger charge is 2.15. The second-order valence-corrected chi connectivity index (χ2v) is 7.17. The molecule has 4 heteroatoms. The number of hydrogen-bond acceptors (Lipinski definition) is 3. The predicted molar refractivity (Wildman–Crippen MR) is 103 cm³/mol. The highest BCUT2D eigenvalue weighted by Crippen LogP contribution is 2.33. The summed E-state index contributed by atoms with van der Waals surface area (Å²) < 4.78 is 8.33. The van der Waals surface area contributed by atoms with Crippen molar-refractivity contribution in [1.82, 2.24) is 4.57 Å². The van der Waals surface area contributed by atoms with Crippen molar-refractivity contribution < 1.29 is 4.42 Å². The van der Waals surface area contributed by atoms with E-state index in [0.717, 1.165) is 16.7 Å². The fourth-order valence-electron chi connectivity index (χ4n) is 3.63. The first-order chi connectivity index (χ1) is 11.7. The van der Waals surface area contributed by atoms with Crippen LogP contribution in [0.1, 0.15) is 43.6 Å². The molecule has 0 spiro atoms. The number of fused-ring (bicyclic) bond motifs is 1. The highest BCUT2D eigenvalue weighted by molar-refractivity contribution is 7.72. The average molecular weight is 354 g/mol. The molecule has 122 valence electrons. The van der Waals surface area contributed by atoms with Gasteiger partial charge in [0.1, 0.15) is 10.2 Å². The Balaban J connectivity index is 1.77. The average Bonchev–Trinajstić information content (AvgIpc) is 2.63. The van der Waals surface area contributed by atoms with Gasteiger partial charge in [0.25, 0.3) is 4.84 Å². The van der Waals surface area contributed by atoms with E-state index < -0.39 is 0 Å². The molecular formula is C20H19NOS2. The smallest absolute Gasteiger partial charge is 0.274 e. The molecule has 0 saturated heterocycles. The second-order valence-electron chi connectivity index (χ2n) is 6.43. The zero-order chi connectivity index (χ0) is 16.5. The van der Waals surface area contributed by atoms with Gasteiger partial charge in [-0.1, -0.05) is 55.7 Å². The highest BCUT2D eigenvalue weighted by atomic mass is 32.1. The number of nitrogens with zero attached hydrogens (tertiary/aromatic N) is 1. The summed E-state index contributed by atoms with van der Waals surface area (Å²) in [5, 5.41) is 0.914. The quantitative estimate of drug-likeness (QED) is 0.476. The Morgan fingerprint density at radius 3 is 2.33 bits per heavy atom. The summed E-state index contributed by atoms with van der Waals surface area (Å²) in [6.07, 6.45) is 6.67. The SMILES string of the molecule is S=c1oc2ccccc2c(=S)n1-c1ccc(C2CCCCC2)cc1. The zero-order valence-corrected chi connectivity index (χ0v) is 15.0. The third-order valence-corrected chi connectivity index (χ3v) is 5.60. The number of para-hydroxylation sites is 1. The molecule has 2 aromatic carbocycles. The summed E-state index contributed by atoms with van der Waals surface area (Å²) in [7, 11) is 0. The van der Waals surface area contributed by atoms with Crippen LogP contribution < -0.4 is 0 Å². The summed E-state index contributed by atoms with van der Waals surface area (Å²) in [5.41, 5.74) is 3.13. The minimum Gasteiger partial charge on any atom is -0.431 e. The molecule has 0 atom stereocenters. The maximum Gasteiger partial charge on any atom is 0.274 e. The Morgan fingerprint density at radius 1 is 0.875 bits per heavy atom. The van der Waals surface area contributed by atoms with E-state index in [2.05, 4.69) is 24.3 Å². The van der Waals surface area contributed by atoms with Crippen molar-refractivity contribution in [1.29, 1.82) is 0 Å².